The number of nitro benzene ring substituents is 1. The largest absolute Gasteiger partial charge is 0.356 e. The van der Waals surface area contributed by atoms with Crippen molar-refractivity contribution in [3.63, 3.8) is 0 Å². The second-order valence-electron chi connectivity index (χ2n) is 5.82. The van der Waals surface area contributed by atoms with E-state index in [2.05, 4.69) is 6.92 Å². The van der Waals surface area contributed by atoms with E-state index in [0.29, 0.717) is 11.5 Å². The summed E-state index contributed by atoms with van der Waals surface area (Å²) < 4.78 is 3.74. The summed E-state index contributed by atoms with van der Waals surface area (Å²) in [5.41, 5.74) is 8.31. The molecule has 0 saturated heterocycles. The van der Waals surface area contributed by atoms with Crippen molar-refractivity contribution < 1.29 is 14.3 Å². The van der Waals surface area contributed by atoms with Crippen LogP contribution in [0.25, 0.3) is 11.0 Å². The minimum absolute atomic E-state index is 0.0320. The molecule has 0 aliphatic carbocycles. The number of hydrogen-bond acceptors (Lipinski definition) is 4. The van der Waals surface area contributed by atoms with Gasteiger partial charge < -0.3 is 0 Å². The zero-order valence-electron chi connectivity index (χ0n) is 13.9. The lowest BCUT2D eigenvalue weighted by molar-refractivity contribution is -0.642. The number of carbonyl (C=O) groups is 1. The van der Waals surface area contributed by atoms with Crippen molar-refractivity contribution in [1.82, 2.24) is 4.57 Å². The molecule has 1 aromatic heterocycles. The van der Waals surface area contributed by atoms with Crippen molar-refractivity contribution in [2.24, 2.45) is 0 Å². The molecule has 0 unspecified atom stereocenters. The molecule has 0 aliphatic rings. The number of hydrogen-bond donors (Lipinski definition) is 1. The maximum atomic E-state index is 12.6. The van der Waals surface area contributed by atoms with Gasteiger partial charge in [-0.1, -0.05) is 31.2 Å². The summed E-state index contributed by atoms with van der Waals surface area (Å²) in [5, 5.41) is 10.9. The quantitative estimate of drug-likeness (QED) is 0.323. The predicted octanol–water partition coefficient (Wildman–Crippen LogP) is 2.71. The summed E-state index contributed by atoms with van der Waals surface area (Å²) in [7, 11) is 0. The molecule has 2 aromatic carbocycles. The van der Waals surface area contributed by atoms with Crippen LogP contribution in [-0.2, 0) is 13.1 Å². The second-order valence-corrected chi connectivity index (χ2v) is 5.82. The Morgan fingerprint density at radius 2 is 2.00 bits per heavy atom. The number of nitrogen functional groups attached to an aromatic ring is 1. The first kappa shape index (κ1) is 16.6. The number of aryl methyl sites for hydroxylation is 1. The van der Waals surface area contributed by atoms with Gasteiger partial charge in [-0.05, 0) is 18.6 Å². The van der Waals surface area contributed by atoms with E-state index in [9.17, 15) is 14.9 Å². The fourth-order valence-electron chi connectivity index (χ4n) is 2.97. The standard InChI is InChI=1S/C18H18N4O3/c1-2-10-20-15-8-3-4-9-16(15)21(18(20)19)12-17(23)13-6-5-7-14(11-13)22(24)25/h3-9,11,19H,2,10,12H2,1H3/p+1. The number of benzene rings is 2. The van der Waals surface area contributed by atoms with Gasteiger partial charge in [0, 0.05) is 17.7 Å². The van der Waals surface area contributed by atoms with Crippen LogP contribution < -0.4 is 10.3 Å². The Labute approximate surface area is 144 Å². The van der Waals surface area contributed by atoms with Crippen LogP contribution >= 0.6 is 0 Å². The fourth-order valence-corrected chi connectivity index (χ4v) is 2.97. The first-order valence-corrected chi connectivity index (χ1v) is 8.07. The molecule has 0 bridgehead atoms. The maximum absolute atomic E-state index is 12.6. The van der Waals surface area contributed by atoms with Crippen LogP contribution in [0.5, 0.6) is 0 Å². The molecule has 3 aromatic rings. The third kappa shape index (κ3) is 3.08. The molecule has 25 heavy (non-hydrogen) atoms. The average Bonchev–Trinajstić information content (AvgIpc) is 2.88. The van der Waals surface area contributed by atoms with Crippen LogP contribution in [0, 0.1) is 10.1 Å². The van der Waals surface area contributed by atoms with E-state index >= 15 is 0 Å². The van der Waals surface area contributed by atoms with E-state index in [1.807, 2.05) is 28.8 Å². The van der Waals surface area contributed by atoms with Crippen LogP contribution in [0.3, 0.4) is 0 Å². The Balaban J connectivity index is 2.00. The highest BCUT2D eigenvalue weighted by atomic mass is 16.6. The highest BCUT2D eigenvalue weighted by molar-refractivity contribution is 5.96. The van der Waals surface area contributed by atoms with Crippen molar-refractivity contribution >= 4 is 28.5 Å². The molecular weight excluding hydrogens is 320 g/mol. The van der Waals surface area contributed by atoms with Crippen molar-refractivity contribution in [2.75, 3.05) is 5.73 Å². The van der Waals surface area contributed by atoms with E-state index < -0.39 is 4.92 Å². The minimum atomic E-state index is -0.509. The summed E-state index contributed by atoms with van der Waals surface area (Å²) in [6.45, 7) is 2.85. The average molecular weight is 339 g/mol. The summed E-state index contributed by atoms with van der Waals surface area (Å²) >= 11 is 0. The van der Waals surface area contributed by atoms with Gasteiger partial charge in [-0.3, -0.25) is 20.6 Å². The van der Waals surface area contributed by atoms with E-state index in [1.165, 1.54) is 18.2 Å². The number of ketones is 1. The molecule has 7 heteroatoms. The SMILES string of the molecule is CCCn1c(N)[n+](CC(=O)c2cccc([N+](=O)[O-])c2)c2ccccc21. The molecule has 1 heterocycles. The Kier molecular flexibility index (Phi) is 4.47. The Hall–Kier alpha value is -3.22. The highest BCUT2D eigenvalue weighted by Gasteiger charge is 2.23. The number of nitrogens with two attached hydrogens (primary N) is 1. The number of nitro groups is 1. The van der Waals surface area contributed by atoms with Crippen molar-refractivity contribution in [3.05, 3.63) is 64.2 Å². The molecule has 2 N–H and O–H groups in total. The van der Waals surface area contributed by atoms with Crippen LogP contribution in [-0.4, -0.2) is 15.3 Å². The van der Waals surface area contributed by atoms with Crippen molar-refractivity contribution in [3.8, 4) is 0 Å². The van der Waals surface area contributed by atoms with E-state index in [4.69, 9.17) is 5.73 Å². The zero-order valence-corrected chi connectivity index (χ0v) is 13.9. The summed E-state index contributed by atoms with van der Waals surface area (Å²) in [6, 6.07) is 13.5. The smallest absolute Gasteiger partial charge is 0.291 e. The Bertz CT molecular complexity index is 962. The molecule has 0 spiro atoms. The zero-order chi connectivity index (χ0) is 18.0. The molecule has 7 nitrogen and oxygen atoms in total. The molecule has 0 saturated carbocycles. The van der Waals surface area contributed by atoms with Crippen molar-refractivity contribution in [2.45, 2.75) is 26.4 Å². The van der Waals surface area contributed by atoms with E-state index in [1.54, 1.807) is 10.6 Å². The van der Waals surface area contributed by atoms with Gasteiger partial charge in [-0.15, -0.1) is 0 Å². The minimum Gasteiger partial charge on any atom is -0.291 e. The predicted molar refractivity (Wildman–Crippen MR) is 94.3 cm³/mol. The summed E-state index contributed by atoms with van der Waals surface area (Å²) in [5.74, 6) is 0.279. The number of imidazole rings is 1. The number of nitrogens with zero attached hydrogens (tertiary/aromatic N) is 3. The maximum Gasteiger partial charge on any atom is 0.356 e. The lowest BCUT2D eigenvalue weighted by atomic mass is 10.1. The van der Waals surface area contributed by atoms with Crippen LogP contribution in [0.2, 0.25) is 0 Å². The molecule has 0 atom stereocenters. The van der Waals surface area contributed by atoms with Gasteiger partial charge in [-0.25, -0.2) is 9.13 Å². The topological polar surface area (TPSA) is 95.0 Å². The second kappa shape index (κ2) is 6.72. The number of para-hydroxylation sites is 2. The van der Waals surface area contributed by atoms with Crippen LogP contribution in [0.15, 0.2) is 48.5 Å². The molecule has 3 rings (SSSR count). The van der Waals surface area contributed by atoms with Gasteiger partial charge in [0.1, 0.15) is 17.6 Å². The van der Waals surface area contributed by atoms with Gasteiger partial charge in [0.15, 0.2) is 5.78 Å². The van der Waals surface area contributed by atoms with Gasteiger partial charge >= 0.3 is 5.95 Å². The van der Waals surface area contributed by atoms with Gasteiger partial charge in [0.2, 0.25) is 0 Å². The molecular formula is C18H19N4O3+. The third-order valence-corrected chi connectivity index (χ3v) is 4.14. The number of Topliss-reactive ketones (excluding diaryl/α,β-unsaturated/α-hetero) is 1. The van der Waals surface area contributed by atoms with Gasteiger partial charge in [0.25, 0.3) is 5.69 Å². The van der Waals surface area contributed by atoms with E-state index in [0.717, 1.165) is 24.0 Å². The van der Waals surface area contributed by atoms with Gasteiger partial charge in [0.05, 0.1) is 11.5 Å². The number of carbonyl (C=O) groups excluding carboxylic acids is 1. The summed E-state index contributed by atoms with van der Waals surface area (Å²) in [6.07, 6.45) is 0.918. The molecule has 0 aliphatic heterocycles. The normalized spacial score (nSPS) is 10.9. The lowest BCUT2D eigenvalue weighted by Crippen LogP contribution is -2.40. The van der Waals surface area contributed by atoms with E-state index in [-0.39, 0.29) is 18.0 Å². The molecule has 0 radical (unpaired) electrons. The Morgan fingerprint density at radius 1 is 1.24 bits per heavy atom. The van der Waals surface area contributed by atoms with Gasteiger partial charge in [-0.2, -0.15) is 0 Å². The number of fused-ring (bicyclic) bond motifs is 1. The van der Waals surface area contributed by atoms with Crippen LogP contribution in [0.4, 0.5) is 11.6 Å². The number of rotatable bonds is 6. The monoisotopic (exact) mass is 339 g/mol. The van der Waals surface area contributed by atoms with Crippen molar-refractivity contribution in [1.29, 1.82) is 0 Å². The third-order valence-electron chi connectivity index (χ3n) is 4.14. The first-order chi connectivity index (χ1) is 12.0. The first-order valence-electron chi connectivity index (χ1n) is 8.07. The molecule has 0 fully saturated rings. The fraction of sp³-hybridized carbons (Fsp3) is 0.222. The Morgan fingerprint density at radius 3 is 2.72 bits per heavy atom. The number of anilines is 1. The highest BCUT2D eigenvalue weighted by Crippen LogP contribution is 2.18. The van der Waals surface area contributed by atoms with Crippen LogP contribution in [0.1, 0.15) is 23.7 Å². The molecule has 128 valence electrons. The molecule has 0 amide bonds. The lowest BCUT2D eigenvalue weighted by Gasteiger charge is -2.02. The number of non-ortho nitro benzene ring substituents is 1. The summed E-state index contributed by atoms with van der Waals surface area (Å²) in [4.78, 5) is 23.0. The number of aromatic nitrogens is 2.